The van der Waals surface area contributed by atoms with E-state index in [2.05, 4.69) is 135 Å². The lowest BCUT2D eigenvalue weighted by Crippen LogP contribution is -2.59. The zero-order valence-electron chi connectivity index (χ0n) is 19.2. The standard InChI is InChI=1S/C24H36Br2OSi2/c1-23(2,3)28(7,17-19-11-9-13-21(25)15-19)27-29(8,24(4,5)6)18-20-12-10-14-22(26)16-20/h9-16H,17-18H2,1-8H3. The van der Waals surface area contributed by atoms with Crippen molar-refractivity contribution < 1.29 is 4.12 Å². The fourth-order valence-corrected chi connectivity index (χ4v) is 14.4. The van der Waals surface area contributed by atoms with E-state index in [1.807, 2.05) is 0 Å². The molecule has 0 aliphatic carbocycles. The van der Waals surface area contributed by atoms with Crippen LogP contribution in [-0.4, -0.2) is 16.6 Å². The second-order valence-electron chi connectivity index (χ2n) is 10.7. The van der Waals surface area contributed by atoms with Gasteiger partial charge in [0.05, 0.1) is 0 Å². The molecule has 0 spiro atoms. The van der Waals surface area contributed by atoms with Gasteiger partial charge in [-0.25, -0.2) is 0 Å². The lowest BCUT2D eigenvalue weighted by molar-refractivity contribution is 0.431. The van der Waals surface area contributed by atoms with Gasteiger partial charge in [0.1, 0.15) is 0 Å². The van der Waals surface area contributed by atoms with Gasteiger partial charge in [-0.15, -0.1) is 0 Å². The fraction of sp³-hybridized carbons (Fsp3) is 0.500. The molecule has 2 rings (SSSR count). The van der Waals surface area contributed by atoms with Gasteiger partial charge in [-0.3, -0.25) is 0 Å². The first kappa shape index (κ1) is 25.1. The van der Waals surface area contributed by atoms with Gasteiger partial charge in [0.2, 0.25) is 0 Å². The minimum atomic E-state index is -2.10. The molecule has 2 aromatic rings. The van der Waals surface area contributed by atoms with Crippen molar-refractivity contribution in [1.29, 1.82) is 0 Å². The smallest absolute Gasteiger partial charge is 0.186 e. The van der Waals surface area contributed by atoms with E-state index in [1.54, 1.807) is 0 Å². The molecule has 2 aromatic carbocycles. The van der Waals surface area contributed by atoms with E-state index in [1.165, 1.54) is 11.1 Å². The SMILES string of the molecule is CC(C)(C)[Si](C)(Cc1cccc(Br)c1)O[Si](C)(Cc1cccc(Br)c1)C(C)(C)C. The third-order valence-corrected chi connectivity index (χ3v) is 19.6. The molecule has 0 saturated carbocycles. The first-order valence-corrected chi connectivity index (χ1v) is 17.2. The molecule has 0 radical (unpaired) electrons. The van der Waals surface area contributed by atoms with E-state index in [0.29, 0.717) is 0 Å². The lowest BCUT2D eigenvalue weighted by Gasteiger charge is -2.50. The topological polar surface area (TPSA) is 9.23 Å². The zero-order chi connectivity index (χ0) is 22.1. The second-order valence-corrected chi connectivity index (χ2v) is 22.0. The van der Waals surface area contributed by atoms with Gasteiger partial charge in [0, 0.05) is 8.95 Å². The minimum Gasteiger partial charge on any atom is -0.454 e. The van der Waals surface area contributed by atoms with E-state index in [-0.39, 0.29) is 10.1 Å². The van der Waals surface area contributed by atoms with Crippen molar-refractivity contribution in [3.8, 4) is 0 Å². The minimum absolute atomic E-state index is 0.145. The maximum Gasteiger partial charge on any atom is 0.186 e. The summed E-state index contributed by atoms with van der Waals surface area (Å²) in [5, 5.41) is 0.290. The number of hydrogen-bond acceptors (Lipinski definition) is 1. The molecule has 0 aliphatic heterocycles. The van der Waals surface area contributed by atoms with Crippen molar-refractivity contribution in [3.05, 3.63) is 68.6 Å². The Labute approximate surface area is 197 Å². The summed E-state index contributed by atoms with van der Waals surface area (Å²) in [4.78, 5) is 0. The Morgan fingerprint density at radius 3 is 1.31 bits per heavy atom. The molecule has 1 nitrogen and oxygen atoms in total. The summed E-state index contributed by atoms with van der Waals surface area (Å²) in [7, 11) is -4.20. The molecule has 29 heavy (non-hydrogen) atoms. The van der Waals surface area contributed by atoms with Gasteiger partial charge >= 0.3 is 0 Å². The molecule has 0 aromatic heterocycles. The highest BCUT2D eigenvalue weighted by molar-refractivity contribution is 9.10. The molecule has 0 heterocycles. The first-order valence-electron chi connectivity index (χ1n) is 10.3. The highest BCUT2D eigenvalue weighted by atomic mass is 79.9. The molecular formula is C24H36Br2OSi2. The average molecular weight is 557 g/mol. The quantitative estimate of drug-likeness (QED) is 0.323. The summed E-state index contributed by atoms with van der Waals surface area (Å²) in [6, 6.07) is 19.5. The number of hydrogen-bond donors (Lipinski definition) is 0. The van der Waals surface area contributed by atoms with Crippen molar-refractivity contribution in [3.63, 3.8) is 0 Å². The molecule has 2 atom stereocenters. The van der Waals surface area contributed by atoms with Crippen molar-refractivity contribution >= 4 is 48.5 Å². The van der Waals surface area contributed by atoms with Crippen LogP contribution in [0.4, 0.5) is 0 Å². The third kappa shape index (κ3) is 6.39. The molecular weight excluding hydrogens is 520 g/mol. The zero-order valence-corrected chi connectivity index (χ0v) is 24.4. The van der Waals surface area contributed by atoms with Crippen LogP contribution in [-0.2, 0) is 16.2 Å². The van der Waals surface area contributed by atoms with Crippen LogP contribution >= 0.6 is 31.9 Å². The van der Waals surface area contributed by atoms with Crippen molar-refractivity contribution in [1.82, 2.24) is 0 Å². The van der Waals surface area contributed by atoms with Crippen molar-refractivity contribution in [2.75, 3.05) is 0 Å². The molecule has 160 valence electrons. The van der Waals surface area contributed by atoms with Crippen molar-refractivity contribution in [2.45, 2.75) is 76.8 Å². The van der Waals surface area contributed by atoms with E-state index >= 15 is 0 Å². The van der Waals surface area contributed by atoms with Crippen LogP contribution in [0.2, 0.25) is 23.2 Å². The van der Waals surface area contributed by atoms with E-state index in [0.717, 1.165) is 21.0 Å². The Hall–Kier alpha value is -0.206. The average Bonchev–Trinajstić information content (AvgIpc) is 2.52. The lowest BCUT2D eigenvalue weighted by atomic mass is 10.2. The Morgan fingerprint density at radius 2 is 1.03 bits per heavy atom. The van der Waals surface area contributed by atoms with Gasteiger partial charge in [0.15, 0.2) is 16.6 Å². The van der Waals surface area contributed by atoms with Crippen LogP contribution in [0.15, 0.2) is 57.5 Å². The van der Waals surface area contributed by atoms with Gasteiger partial charge in [-0.1, -0.05) is 97.7 Å². The Bertz CT molecular complexity index is 772. The summed E-state index contributed by atoms with van der Waals surface area (Å²) >= 11 is 7.29. The molecule has 2 unspecified atom stereocenters. The van der Waals surface area contributed by atoms with Gasteiger partial charge in [-0.05, 0) is 70.7 Å². The summed E-state index contributed by atoms with van der Waals surface area (Å²) in [5.41, 5.74) is 2.74. The summed E-state index contributed by atoms with van der Waals surface area (Å²) in [5.74, 6) is 0. The van der Waals surface area contributed by atoms with Crippen LogP contribution in [0, 0.1) is 0 Å². The van der Waals surface area contributed by atoms with E-state index < -0.39 is 16.6 Å². The van der Waals surface area contributed by atoms with Crippen LogP contribution in [0.5, 0.6) is 0 Å². The Morgan fingerprint density at radius 1 is 0.690 bits per heavy atom. The molecule has 0 fully saturated rings. The highest BCUT2D eigenvalue weighted by Crippen LogP contribution is 2.47. The monoisotopic (exact) mass is 554 g/mol. The summed E-state index contributed by atoms with van der Waals surface area (Å²) in [6.07, 6.45) is 0. The number of halogens is 2. The van der Waals surface area contributed by atoms with Crippen LogP contribution < -0.4 is 0 Å². The van der Waals surface area contributed by atoms with Crippen LogP contribution in [0.3, 0.4) is 0 Å². The fourth-order valence-electron chi connectivity index (χ4n) is 3.48. The Balaban J connectivity index is 2.45. The molecule has 0 amide bonds. The van der Waals surface area contributed by atoms with E-state index in [4.69, 9.17) is 4.12 Å². The summed E-state index contributed by atoms with van der Waals surface area (Å²) < 4.78 is 9.78. The normalized spacial score (nSPS) is 16.9. The van der Waals surface area contributed by atoms with Gasteiger partial charge in [0.25, 0.3) is 0 Å². The predicted octanol–water partition coefficient (Wildman–Crippen LogP) is 8.84. The highest BCUT2D eigenvalue weighted by Gasteiger charge is 2.51. The van der Waals surface area contributed by atoms with Crippen LogP contribution in [0.1, 0.15) is 52.7 Å². The first-order chi connectivity index (χ1) is 13.2. The van der Waals surface area contributed by atoms with Crippen molar-refractivity contribution in [2.24, 2.45) is 0 Å². The second kappa shape index (κ2) is 9.11. The van der Waals surface area contributed by atoms with Gasteiger partial charge in [-0.2, -0.15) is 0 Å². The number of rotatable bonds is 6. The molecule has 0 N–H and O–H groups in total. The maximum absolute atomic E-state index is 7.49. The Kier molecular flexibility index (Phi) is 7.87. The van der Waals surface area contributed by atoms with E-state index in [9.17, 15) is 0 Å². The van der Waals surface area contributed by atoms with Crippen LogP contribution in [0.25, 0.3) is 0 Å². The maximum atomic E-state index is 7.49. The summed E-state index contributed by atoms with van der Waals surface area (Å²) in [6.45, 7) is 19.1. The molecule has 0 aliphatic rings. The molecule has 0 saturated heterocycles. The molecule has 0 bridgehead atoms. The third-order valence-electron chi connectivity index (χ3n) is 6.48. The van der Waals surface area contributed by atoms with Gasteiger partial charge < -0.3 is 4.12 Å². The largest absolute Gasteiger partial charge is 0.454 e. The number of benzene rings is 2. The molecule has 5 heteroatoms. The predicted molar refractivity (Wildman–Crippen MR) is 139 cm³/mol.